The van der Waals surface area contributed by atoms with Gasteiger partial charge in [0.25, 0.3) is 5.91 Å². The van der Waals surface area contributed by atoms with Gasteiger partial charge in [-0.15, -0.1) is 11.8 Å². The average molecular weight is 459 g/mol. The molecule has 1 amide bonds. The summed E-state index contributed by atoms with van der Waals surface area (Å²) in [6.07, 6.45) is 3.76. The Kier molecular flexibility index (Phi) is 6.63. The number of pyridine rings is 1. The second-order valence-electron chi connectivity index (χ2n) is 7.59. The van der Waals surface area contributed by atoms with Crippen molar-refractivity contribution in [2.24, 2.45) is 0 Å². The first kappa shape index (κ1) is 22.1. The van der Waals surface area contributed by atoms with Gasteiger partial charge in [-0.2, -0.15) is 0 Å². The topological polar surface area (TPSA) is 42.0 Å². The fraction of sp³-hybridized carbons (Fsp3) is 0.111. The van der Waals surface area contributed by atoms with Gasteiger partial charge in [-0.3, -0.25) is 9.78 Å². The second kappa shape index (κ2) is 9.60. The van der Waals surface area contributed by atoms with Crippen molar-refractivity contribution in [3.05, 3.63) is 101 Å². The molecule has 32 heavy (non-hydrogen) atoms. The van der Waals surface area contributed by atoms with Gasteiger partial charge in [-0.25, -0.2) is 0 Å². The van der Waals surface area contributed by atoms with Gasteiger partial charge >= 0.3 is 0 Å². The van der Waals surface area contributed by atoms with Gasteiger partial charge in [0, 0.05) is 27.9 Å². The molecule has 3 aromatic carbocycles. The van der Waals surface area contributed by atoms with Gasteiger partial charge in [0.2, 0.25) is 0 Å². The number of benzene rings is 3. The predicted octanol–water partition coefficient (Wildman–Crippen LogP) is 7.66. The Balaban J connectivity index is 1.72. The highest BCUT2D eigenvalue weighted by molar-refractivity contribution is 7.98. The summed E-state index contributed by atoms with van der Waals surface area (Å²) in [7, 11) is 0. The molecule has 1 N–H and O–H groups in total. The van der Waals surface area contributed by atoms with Crippen LogP contribution in [0.1, 0.15) is 21.5 Å². The van der Waals surface area contributed by atoms with Gasteiger partial charge < -0.3 is 5.32 Å². The molecule has 0 saturated heterocycles. The minimum absolute atomic E-state index is 0.165. The first-order chi connectivity index (χ1) is 15.5. The molecule has 0 saturated carbocycles. The van der Waals surface area contributed by atoms with Crippen LogP contribution in [0.25, 0.3) is 22.4 Å². The van der Waals surface area contributed by atoms with E-state index in [1.807, 2.05) is 42.7 Å². The van der Waals surface area contributed by atoms with E-state index >= 15 is 0 Å². The van der Waals surface area contributed by atoms with Crippen molar-refractivity contribution in [3.8, 4) is 22.4 Å². The van der Waals surface area contributed by atoms with E-state index < -0.39 is 0 Å². The third-order valence-electron chi connectivity index (χ3n) is 5.31. The zero-order valence-corrected chi connectivity index (χ0v) is 19.7. The quantitative estimate of drug-likeness (QED) is 0.312. The molecule has 0 atom stereocenters. The van der Waals surface area contributed by atoms with Crippen LogP contribution in [0.5, 0.6) is 0 Å². The van der Waals surface area contributed by atoms with Crippen LogP contribution < -0.4 is 5.32 Å². The lowest BCUT2D eigenvalue weighted by Crippen LogP contribution is -2.13. The molecule has 0 bridgehead atoms. The van der Waals surface area contributed by atoms with E-state index in [9.17, 15) is 4.79 Å². The zero-order valence-electron chi connectivity index (χ0n) is 18.1. The summed E-state index contributed by atoms with van der Waals surface area (Å²) in [5, 5.41) is 3.63. The van der Waals surface area contributed by atoms with E-state index in [2.05, 4.69) is 48.4 Å². The number of aryl methyl sites for hydroxylation is 2. The molecule has 4 rings (SSSR count). The molecule has 5 heteroatoms. The minimum atomic E-state index is -0.165. The number of carbonyl (C=O) groups is 1. The molecule has 0 radical (unpaired) electrons. The first-order valence-corrected chi connectivity index (χ1v) is 11.8. The Bertz CT molecular complexity index is 1290. The van der Waals surface area contributed by atoms with Crippen molar-refractivity contribution in [3.63, 3.8) is 0 Å². The van der Waals surface area contributed by atoms with Crippen LogP contribution in [0.3, 0.4) is 0 Å². The third kappa shape index (κ3) is 4.72. The molecule has 0 aliphatic rings. The normalized spacial score (nSPS) is 10.8. The lowest BCUT2D eigenvalue weighted by molar-refractivity contribution is 0.102. The lowest BCUT2D eigenvalue weighted by atomic mass is 9.94. The Morgan fingerprint density at radius 1 is 0.906 bits per heavy atom. The number of rotatable bonds is 5. The van der Waals surface area contributed by atoms with Crippen molar-refractivity contribution in [1.82, 2.24) is 4.98 Å². The molecule has 1 heterocycles. The highest BCUT2D eigenvalue weighted by Gasteiger charge is 2.16. The number of hydrogen-bond acceptors (Lipinski definition) is 3. The molecule has 0 fully saturated rings. The van der Waals surface area contributed by atoms with Crippen LogP contribution in [-0.2, 0) is 0 Å². The van der Waals surface area contributed by atoms with Crippen LogP contribution in [0, 0.1) is 13.8 Å². The Morgan fingerprint density at radius 2 is 1.75 bits per heavy atom. The van der Waals surface area contributed by atoms with Crippen LogP contribution in [0.15, 0.2) is 83.9 Å². The number of aromatic nitrogens is 1. The monoisotopic (exact) mass is 458 g/mol. The lowest BCUT2D eigenvalue weighted by Gasteiger charge is -2.15. The summed E-state index contributed by atoms with van der Waals surface area (Å²) < 4.78 is 0. The fourth-order valence-corrected chi connectivity index (χ4v) is 4.36. The van der Waals surface area contributed by atoms with Crippen molar-refractivity contribution in [1.29, 1.82) is 0 Å². The predicted molar refractivity (Wildman–Crippen MR) is 136 cm³/mol. The molecule has 0 aliphatic carbocycles. The van der Waals surface area contributed by atoms with Crippen LogP contribution in [-0.4, -0.2) is 17.1 Å². The molecule has 1 aromatic heterocycles. The zero-order chi connectivity index (χ0) is 22.7. The Labute approximate surface area is 197 Å². The minimum Gasteiger partial charge on any atom is -0.322 e. The highest BCUT2D eigenvalue weighted by Crippen LogP contribution is 2.33. The fourth-order valence-electron chi connectivity index (χ4n) is 3.71. The summed E-state index contributed by atoms with van der Waals surface area (Å²) >= 11 is 8.06. The van der Waals surface area contributed by atoms with Crippen molar-refractivity contribution in [2.75, 3.05) is 11.6 Å². The molecule has 3 nitrogen and oxygen atoms in total. The summed E-state index contributed by atoms with van der Waals surface area (Å²) in [4.78, 5) is 18.8. The highest BCUT2D eigenvalue weighted by atomic mass is 35.5. The van der Waals surface area contributed by atoms with Crippen molar-refractivity contribution < 1.29 is 4.79 Å². The third-order valence-corrected chi connectivity index (χ3v) is 6.36. The average Bonchev–Trinajstić information content (AvgIpc) is 2.80. The van der Waals surface area contributed by atoms with Crippen molar-refractivity contribution >= 4 is 35.0 Å². The van der Waals surface area contributed by atoms with E-state index in [4.69, 9.17) is 11.6 Å². The van der Waals surface area contributed by atoms with Gasteiger partial charge in [-0.1, -0.05) is 41.4 Å². The van der Waals surface area contributed by atoms with Crippen molar-refractivity contribution in [2.45, 2.75) is 18.7 Å². The maximum atomic E-state index is 13.4. The second-order valence-corrected chi connectivity index (χ2v) is 8.88. The van der Waals surface area contributed by atoms with Gasteiger partial charge in [-0.05, 0) is 85.3 Å². The largest absolute Gasteiger partial charge is 0.322 e. The Hall–Kier alpha value is -3.08. The maximum absolute atomic E-state index is 13.4. The summed E-state index contributed by atoms with van der Waals surface area (Å²) in [5.74, 6) is -0.165. The first-order valence-electron chi connectivity index (χ1n) is 10.2. The number of amides is 1. The molecule has 160 valence electrons. The number of nitrogens with one attached hydrogen (secondary N) is 1. The van der Waals surface area contributed by atoms with Gasteiger partial charge in [0.15, 0.2) is 0 Å². The van der Waals surface area contributed by atoms with E-state index in [0.717, 1.165) is 32.8 Å². The summed E-state index contributed by atoms with van der Waals surface area (Å²) in [6.45, 7) is 4.15. The number of nitrogens with zero attached hydrogens (tertiary/aromatic N) is 1. The van der Waals surface area contributed by atoms with Gasteiger partial charge in [0.05, 0.1) is 10.7 Å². The number of halogens is 1. The van der Waals surface area contributed by atoms with Crippen LogP contribution in [0.2, 0.25) is 5.02 Å². The smallest absolute Gasteiger partial charge is 0.256 e. The van der Waals surface area contributed by atoms with Crippen LogP contribution >= 0.6 is 23.4 Å². The number of thioether (sulfide) groups is 1. The molecular formula is C27H23ClN2OS. The van der Waals surface area contributed by atoms with E-state index in [-0.39, 0.29) is 5.91 Å². The molecule has 0 unspecified atom stereocenters. The van der Waals surface area contributed by atoms with Gasteiger partial charge in [0.1, 0.15) is 0 Å². The summed E-state index contributed by atoms with van der Waals surface area (Å²) in [6, 6.07) is 23.4. The Morgan fingerprint density at radius 3 is 2.47 bits per heavy atom. The van der Waals surface area contributed by atoms with Crippen LogP contribution in [0.4, 0.5) is 5.69 Å². The summed E-state index contributed by atoms with van der Waals surface area (Å²) in [5.41, 5.74) is 7.14. The number of anilines is 1. The maximum Gasteiger partial charge on any atom is 0.256 e. The van der Waals surface area contributed by atoms with E-state index in [1.54, 1.807) is 30.1 Å². The standard InChI is InChI=1S/C27H23ClN2OS/c1-17-7-10-21(18(2)14-17)23-16-20(32-3)9-11-22(23)27(31)30-19-8-12-25(28)24(15-19)26-6-4-5-13-29-26/h4-16H,1-3H3,(H,30,31). The molecule has 0 spiro atoms. The molecule has 4 aromatic rings. The molecule has 0 aliphatic heterocycles. The number of carbonyl (C=O) groups excluding carboxylic acids is 1. The van der Waals surface area contributed by atoms with E-state index in [0.29, 0.717) is 16.3 Å². The van der Waals surface area contributed by atoms with E-state index in [1.165, 1.54) is 5.56 Å². The molecular weight excluding hydrogens is 436 g/mol. The SMILES string of the molecule is CSc1ccc(C(=O)Nc2ccc(Cl)c(-c3ccccn3)c2)c(-c2ccc(C)cc2C)c1. The number of hydrogen-bond donors (Lipinski definition) is 1.